The van der Waals surface area contributed by atoms with E-state index in [0.717, 1.165) is 0 Å². The van der Waals surface area contributed by atoms with Gasteiger partial charge in [0.1, 0.15) is 11.3 Å². The van der Waals surface area contributed by atoms with Crippen LogP contribution in [-0.4, -0.2) is 23.2 Å². The summed E-state index contributed by atoms with van der Waals surface area (Å²) in [5.74, 6) is -0.0555. The first kappa shape index (κ1) is 13.0. The third-order valence-electron chi connectivity index (χ3n) is 3.11. The number of benzene rings is 2. The zero-order valence-electron chi connectivity index (χ0n) is 11.2. The Kier molecular flexibility index (Phi) is 2.98. The van der Waals surface area contributed by atoms with Gasteiger partial charge in [-0.2, -0.15) is 0 Å². The molecule has 0 aliphatic heterocycles. The standard InChI is InChI=1S/C15H12N2O4/c1-20-12-4-2-8(6-10(12)16)14-17-11-7-9(15(18)19)3-5-13(11)21-14/h2-7H,16H2,1H3,(H,18,19). The lowest BCUT2D eigenvalue weighted by Crippen LogP contribution is -1.94. The van der Waals surface area contributed by atoms with Crippen molar-refractivity contribution in [2.45, 2.75) is 0 Å². The number of hydrogen-bond acceptors (Lipinski definition) is 5. The summed E-state index contributed by atoms with van der Waals surface area (Å²) < 4.78 is 10.7. The topological polar surface area (TPSA) is 98.6 Å². The number of carboxylic acid groups (broad SMARTS) is 1. The van der Waals surface area contributed by atoms with Crippen LogP contribution < -0.4 is 10.5 Å². The third kappa shape index (κ3) is 2.27. The van der Waals surface area contributed by atoms with Crippen LogP contribution in [0.1, 0.15) is 10.4 Å². The lowest BCUT2D eigenvalue weighted by molar-refractivity contribution is 0.0697. The normalized spacial score (nSPS) is 10.7. The average molecular weight is 284 g/mol. The molecule has 6 heteroatoms. The van der Waals surface area contributed by atoms with Crippen molar-refractivity contribution in [1.29, 1.82) is 0 Å². The first-order chi connectivity index (χ1) is 10.1. The van der Waals surface area contributed by atoms with E-state index in [-0.39, 0.29) is 5.56 Å². The molecule has 3 aromatic rings. The second kappa shape index (κ2) is 4.82. The first-order valence-electron chi connectivity index (χ1n) is 6.16. The van der Waals surface area contributed by atoms with Gasteiger partial charge in [-0.3, -0.25) is 0 Å². The predicted octanol–water partition coefficient (Wildman–Crippen LogP) is 2.78. The van der Waals surface area contributed by atoms with Gasteiger partial charge in [0.25, 0.3) is 0 Å². The minimum absolute atomic E-state index is 0.164. The second-order valence-corrected chi connectivity index (χ2v) is 4.46. The van der Waals surface area contributed by atoms with Crippen LogP contribution >= 0.6 is 0 Å². The Bertz CT molecular complexity index is 839. The number of fused-ring (bicyclic) bond motifs is 1. The Balaban J connectivity index is 2.08. The van der Waals surface area contributed by atoms with Crippen molar-refractivity contribution in [1.82, 2.24) is 4.98 Å². The Morgan fingerprint density at radius 3 is 2.76 bits per heavy atom. The van der Waals surface area contributed by atoms with Gasteiger partial charge in [0.15, 0.2) is 5.58 Å². The molecule has 0 radical (unpaired) electrons. The van der Waals surface area contributed by atoms with Gasteiger partial charge in [-0.1, -0.05) is 0 Å². The van der Waals surface area contributed by atoms with E-state index in [2.05, 4.69) is 4.98 Å². The van der Waals surface area contributed by atoms with E-state index in [1.807, 2.05) is 0 Å². The highest BCUT2D eigenvalue weighted by atomic mass is 16.5. The molecule has 0 aliphatic carbocycles. The largest absolute Gasteiger partial charge is 0.495 e. The number of anilines is 1. The van der Waals surface area contributed by atoms with E-state index in [4.69, 9.17) is 20.0 Å². The number of rotatable bonds is 3. The molecular formula is C15H12N2O4. The first-order valence-corrected chi connectivity index (χ1v) is 6.16. The SMILES string of the molecule is COc1ccc(-c2nc3cc(C(=O)O)ccc3o2)cc1N. The Hall–Kier alpha value is -3.02. The van der Waals surface area contributed by atoms with Crippen molar-refractivity contribution in [2.24, 2.45) is 0 Å². The number of carbonyl (C=O) groups is 1. The lowest BCUT2D eigenvalue weighted by Gasteiger charge is -2.04. The van der Waals surface area contributed by atoms with Gasteiger partial charge >= 0.3 is 5.97 Å². The Labute approximate surface area is 119 Å². The molecule has 6 nitrogen and oxygen atoms in total. The molecule has 1 aromatic heterocycles. The Morgan fingerprint density at radius 1 is 1.29 bits per heavy atom. The maximum absolute atomic E-state index is 10.9. The van der Waals surface area contributed by atoms with E-state index < -0.39 is 5.97 Å². The van der Waals surface area contributed by atoms with Crippen LogP contribution in [0.5, 0.6) is 5.75 Å². The highest BCUT2D eigenvalue weighted by Crippen LogP contribution is 2.30. The van der Waals surface area contributed by atoms with Gasteiger partial charge in [-0.25, -0.2) is 9.78 Å². The number of aromatic carboxylic acids is 1. The van der Waals surface area contributed by atoms with Crippen LogP contribution in [-0.2, 0) is 0 Å². The van der Waals surface area contributed by atoms with Gasteiger partial charge in [-0.15, -0.1) is 0 Å². The van der Waals surface area contributed by atoms with E-state index >= 15 is 0 Å². The zero-order valence-corrected chi connectivity index (χ0v) is 11.2. The van der Waals surface area contributed by atoms with Crippen LogP contribution in [0.3, 0.4) is 0 Å². The van der Waals surface area contributed by atoms with Crippen LogP contribution in [0.25, 0.3) is 22.6 Å². The molecule has 0 aliphatic rings. The predicted molar refractivity (Wildman–Crippen MR) is 77.4 cm³/mol. The number of oxazole rings is 1. The summed E-state index contributed by atoms with van der Waals surface area (Å²) in [6.07, 6.45) is 0. The summed E-state index contributed by atoms with van der Waals surface area (Å²) in [4.78, 5) is 15.2. The smallest absolute Gasteiger partial charge is 0.335 e. The van der Waals surface area contributed by atoms with Crippen LogP contribution in [0.4, 0.5) is 5.69 Å². The van der Waals surface area contributed by atoms with Gasteiger partial charge in [-0.05, 0) is 36.4 Å². The Morgan fingerprint density at radius 2 is 2.10 bits per heavy atom. The zero-order chi connectivity index (χ0) is 15.0. The molecule has 0 saturated carbocycles. The quantitative estimate of drug-likeness (QED) is 0.717. The summed E-state index contributed by atoms with van der Waals surface area (Å²) in [5, 5.41) is 8.97. The fourth-order valence-electron chi connectivity index (χ4n) is 2.05. The maximum Gasteiger partial charge on any atom is 0.335 e. The molecule has 0 saturated heterocycles. The van der Waals surface area contributed by atoms with Gasteiger partial charge in [0, 0.05) is 5.56 Å². The van der Waals surface area contributed by atoms with Crippen LogP contribution in [0.15, 0.2) is 40.8 Å². The van der Waals surface area contributed by atoms with E-state index in [1.165, 1.54) is 19.2 Å². The molecule has 21 heavy (non-hydrogen) atoms. The number of carboxylic acids is 1. The van der Waals surface area contributed by atoms with Gasteiger partial charge in [0.05, 0.1) is 18.4 Å². The van der Waals surface area contributed by atoms with E-state index in [0.29, 0.717) is 34.0 Å². The van der Waals surface area contributed by atoms with Crippen molar-refractivity contribution < 1.29 is 19.1 Å². The summed E-state index contributed by atoms with van der Waals surface area (Å²) in [7, 11) is 1.54. The number of ether oxygens (including phenoxy) is 1. The maximum atomic E-state index is 10.9. The van der Waals surface area contributed by atoms with Gasteiger partial charge in [0.2, 0.25) is 5.89 Å². The molecule has 1 heterocycles. The molecule has 0 spiro atoms. The second-order valence-electron chi connectivity index (χ2n) is 4.46. The average Bonchev–Trinajstić information content (AvgIpc) is 2.89. The van der Waals surface area contributed by atoms with Crippen molar-refractivity contribution in [3.63, 3.8) is 0 Å². The minimum Gasteiger partial charge on any atom is -0.495 e. The minimum atomic E-state index is -1.00. The van der Waals surface area contributed by atoms with Crippen LogP contribution in [0.2, 0.25) is 0 Å². The van der Waals surface area contributed by atoms with Crippen LogP contribution in [0, 0.1) is 0 Å². The molecule has 3 rings (SSSR count). The molecular weight excluding hydrogens is 272 g/mol. The van der Waals surface area contributed by atoms with Crippen molar-refractivity contribution in [2.75, 3.05) is 12.8 Å². The number of hydrogen-bond donors (Lipinski definition) is 2. The molecule has 0 atom stereocenters. The fraction of sp³-hybridized carbons (Fsp3) is 0.0667. The number of nitrogen functional groups attached to an aromatic ring is 1. The van der Waals surface area contributed by atoms with Crippen molar-refractivity contribution in [3.8, 4) is 17.2 Å². The van der Waals surface area contributed by atoms with Crippen molar-refractivity contribution >= 4 is 22.8 Å². The monoisotopic (exact) mass is 284 g/mol. The summed E-state index contributed by atoms with van der Waals surface area (Å²) in [6.45, 7) is 0. The molecule has 0 fully saturated rings. The molecule has 0 amide bonds. The van der Waals surface area contributed by atoms with E-state index in [9.17, 15) is 4.79 Å². The highest BCUT2D eigenvalue weighted by molar-refractivity contribution is 5.92. The van der Waals surface area contributed by atoms with Gasteiger partial charge < -0.3 is 20.0 Å². The van der Waals surface area contributed by atoms with E-state index in [1.54, 1.807) is 24.3 Å². The molecule has 106 valence electrons. The number of aromatic nitrogens is 1. The number of nitrogens with zero attached hydrogens (tertiary/aromatic N) is 1. The number of methoxy groups -OCH3 is 1. The summed E-state index contributed by atoms with van der Waals surface area (Å²) in [5.41, 5.74) is 8.19. The molecule has 0 unspecified atom stereocenters. The molecule has 3 N–H and O–H groups in total. The summed E-state index contributed by atoms with van der Waals surface area (Å²) in [6, 6.07) is 9.73. The molecule has 0 bridgehead atoms. The fourth-order valence-corrected chi connectivity index (χ4v) is 2.05. The summed E-state index contributed by atoms with van der Waals surface area (Å²) >= 11 is 0. The van der Waals surface area contributed by atoms with Crippen molar-refractivity contribution in [3.05, 3.63) is 42.0 Å². The molecule has 2 aromatic carbocycles. The number of nitrogens with two attached hydrogens (primary N) is 1. The lowest BCUT2D eigenvalue weighted by atomic mass is 10.2. The third-order valence-corrected chi connectivity index (χ3v) is 3.11. The highest BCUT2D eigenvalue weighted by Gasteiger charge is 2.12.